The molecule has 156 valence electrons. The van der Waals surface area contributed by atoms with Crippen molar-refractivity contribution in [2.45, 2.75) is 32.6 Å². The Morgan fingerprint density at radius 1 is 1.17 bits per heavy atom. The van der Waals surface area contributed by atoms with Gasteiger partial charge < -0.3 is 15.8 Å². The number of carbonyl (C=O) groups excluding carboxylic acids is 1. The van der Waals surface area contributed by atoms with Crippen molar-refractivity contribution in [1.82, 2.24) is 0 Å². The number of nitrogen functional groups attached to an aromatic ring is 1. The van der Waals surface area contributed by atoms with Crippen LogP contribution in [0.3, 0.4) is 0 Å². The van der Waals surface area contributed by atoms with E-state index >= 15 is 0 Å². The molecule has 1 fully saturated rings. The average molecular weight is 424 g/mol. The molecule has 1 saturated heterocycles. The summed E-state index contributed by atoms with van der Waals surface area (Å²) in [5.74, 6) is 1.04. The molecular weight excluding hydrogens is 396 g/mol. The van der Waals surface area contributed by atoms with E-state index < -0.39 is 0 Å². The number of nitrogens with zero attached hydrogens (tertiary/aromatic N) is 1. The minimum atomic E-state index is -0.145. The number of hydrogen-bond acceptors (Lipinski definition) is 5. The van der Waals surface area contributed by atoms with Crippen molar-refractivity contribution in [3.63, 3.8) is 0 Å². The van der Waals surface area contributed by atoms with Crippen LogP contribution in [0.5, 0.6) is 0 Å². The zero-order valence-corrected chi connectivity index (χ0v) is 18.0. The van der Waals surface area contributed by atoms with Gasteiger partial charge in [0.05, 0.1) is 24.3 Å². The van der Waals surface area contributed by atoms with Crippen LogP contribution >= 0.6 is 11.3 Å². The van der Waals surface area contributed by atoms with Gasteiger partial charge >= 0.3 is 0 Å². The summed E-state index contributed by atoms with van der Waals surface area (Å²) in [7, 11) is 0. The van der Waals surface area contributed by atoms with E-state index in [0.29, 0.717) is 10.6 Å². The van der Waals surface area contributed by atoms with Gasteiger partial charge in [-0.15, -0.1) is 0 Å². The van der Waals surface area contributed by atoms with Gasteiger partial charge in [0, 0.05) is 11.3 Å². The maximum Gasteiger partial charge on any atom is 0.279 e. The predicted molar refractivity (Wildman–Crippen MR) is 122 cm³/mol. The minimum absolute atomic E-state index is 0.145. The Morgan fingerprint density at radius 3 is 2.67 bits per heavy atom. The highest BCUT2D eigenvalue weighted by molar-refractivity contribution is 7.21. The molecule has 0 atom stereocenters. The minimum Gasteiger partial charge on any atom is -0.397 e. The predicted octanol–water partition coefficient (Wildman–Crippen LogP) is 3.57. The molecule has 4 N–H and O–H groups in total. The number of pyridine rings is 1. The van der Waals surface area contributed by atoms with E-state index in [9.17, 15) is 4.79 Å². The number of aryl methyl sites for hydroxylation is 2. The molecule has 30 heavy (non-hydrogen) atoms. The number of morpholine rings is 1. The van der Waals surface area contributed by atoms with Gasteiger partial charge in [-0.05, 0) is 49.8 Å². The highest BCUT2D eigenvalue weighted by Crippen LogP contribution is 2.40. The average Bonchev–Trinajstić information content (AvgIpc) is 3.12. The van der Waals surface area contributed by atoms with Crippen molar-refractivity contribution < 1.29 is 14.5 Å². The Labute approximate surface area is 180 Å². The van der Waals surface area contributed by atoms with Crippen LogP contribution in [0.4, 0.5) is 17.2 Å². The van der Waals surface area contributed by atoms with Crippen LogP contribution in [0.15, 0.2) is 24.3 Å². The molecule has 0 radical (unpaired) electrons. The number of benzene rings is 1. The molecular formula is C23H27N4O2S+. The number of H-pyrrole nitrogens is 1. The molecule has 5 rings (SSSR count). The normalized spacial score (nSPS) is 16.5. The Morgan fingerprint density at radius 2 is 1.90 bits per heavy atom. The summed E-state index contributed by atoms with van der Waals surface area (Å²) in [5, 5.41) is 4.08. The fourth-order valence-corrected chi connectivity index (χ4v) is 5.62. The number of para-hydroxylation sites is 1. The molecule has 1 aromatic carbocycles. The third kappa shape index (κ3) is 3.32. The molecule has 6 nitrogen and oxygen atoms in total. The number of aromatic nitrogens is 1. The number of rotatable bonds is 3. The third-order valence-electron chi connectivity index (χ3n) is 6.16. The van der Waals surface area contributed by atoms with Crippen LogP contribution < -0.4 is 20.9 Å². The number of fused-ring (bicyclic) bond motifs is 3. The van der Waals surface area contributed by atoms with Crippen molar-refractivity contribution in [3.05, 3.63) is 45.8 Å². The molecule has 2 aliphatic rings. The summed E-state index contributed by atoms with van der Waals surface area (Å²) in [6.45, 7) is 5.25. The lowest BCUT2D eigenvalue weighted by molar-refractivity contribution is -0.328. The van der Waals surface area contributed by atoms with Gasteiger partial charge in [0.25, 0.3) is 11.7 Å². The zero-order chi connectivity index (χ0) is 20.7. The molecule has 0 saturated carbocycles. The maximum atomic E-state index is 13.1. The molecule has 7 heteroatoms. The summed E-state index contributed by atoms with van der Waals surface area (Å²) in [5.41, 5.74) is 11.7. The largest absolute Gasteiger partial charge is 0.397 e. The van der Waals surface area contributed by atoms with E-state index in [-0.39, 0.29) is 5.91 Å². The number of amides is 1. The van der Waals surface area contributed by atoms with Crippen LogP contribution in [0.25, 0.3) is 10.2 Å². The van der Waals surface area contributed by atoms with Crippen molar-refractivity contribution in [2.75, 3.05) is 42.3 Å². The highest BCUT2D eigenvalue weighted by atomic mass is 32.1. The van der Waals surface area contributed by atoms with E-state index in [1.54, 1.807) is 0 Å². The Bertz CT molecular complexity index is 1120. The zero-order valence-electron chi connectivity index (χ0n) is 17.2. The number of aromatic amines is 1. The Hall–Kier alpha value is -2.64. The second kappa shape index (κ2) is 7.89. The number of anilines is 3. The molecule has 1 amide bonds. The number of thiophene rings is 1. The highest BCUT2D eigenvalue weighted by Gasteiger charge is 2.31. The summed E-state index contributed by atoms with van der Waals surface area (Å²) < 4.78 is 5.55. The van der Waals surface area contributed by atoms with Gasteiger partial charge in [0.15, 0.2) is 4.83 Å². The van der Waals surface area contributed by atoms with Gasteiger partial charge in [0.1, 0.15) is 18.0 Å². The first-order chi connectivity index (χ1) is 14.6. The third-order valence-corrected chi connectivity index (χ3v) is 7.28. The van der Waals surface area contributed by atoms with Gasteiger partial charge in [-0.2, -0.15) is 0 Å². The number of hydrogen-bond donors (Lipinski definition) is 2. The smallest absolute Gasteiger partial charge is 0.279 e. The van der Waals surface area contributed by atoms with Gasteiger partial charge in [0.2, 0.25) is 0 Å². The van der Waals surface area contributed by atoms with Crippen LogP contribution in [0, 0.1) is 6.92 Å². The summed E-state index contributed by atoms with van der Waals surface area (Å²) in [4.78, 5) is 20.7. The van der Waals surface area contributed by atoms with E-state index in [0.717, 1.165) is 67.0 Å². The van der Waals surface area contributed by atoms with E-state index in [1.165, 1.54) is 34.7 Å². The second-order valence-electron chi connectivity index (χ2n) is 8.06. The van der Waals surface area contributed by atoms with Crippen molar-refractivity contribution in [3.8, 4) is 0 Å². The fourth-order valence-electron chi connectivity index (χ4n) is 4.57. The molecule has 3 heterocycles. The topological polar surface area (TPSA) is 81.7 Å². The first kappa shape index (κ1) is 19.3. The fraction of sp³-hybridized carbons (Fsp3) is 0.391. The molecule has 2 aromatic heterocycles. The SMILES string of the molecule is Cc1ccccc1NC(=O)c1sc2[nH+]c(N3CCOCC3)c3c(c2c1N)CCCC3. The number of nitrogens with one attached hydrogen (secondary N) is 2. The summed E-state index contributed by atoms with van der Waals surface area (Å²) in [6, 6.07) is 7.80. The van der Waals surface area contributed by atoms with Gasteiger partial charge in [-0.25, -0.2) is 4.98 Å². The molecule has 0 spiro atoms. The monoisotopic (exact) mass is 423 g/mol. The summed E-state index contributed by atoms with van der Waals surface area (Å²) >= 11 is 1.46. The molecule has 1 aliphatic carbocycles. The number of ether oxygens (including phenoxy) is 1. The molecule has 3 aromatic rings. The van der Waals surface area contributed by atoms with E-state index in [2.05, 4.69) is 15.2 Å². The lowest BCUT2D eigenvalue weighted by Crippen LogP contribution is -2.40. The lowest BCUT2D eigenvalue weighted by atomic mass is 9.89. The maximum absolute atomic E-state index is 13.1. The van der Waals surface area contributed by atoms with Crippen LogP contribution in [0.1, 0.15) is 39.2 Å². The van der Waals surface area contributed by atoms with Crippen molar-refractivity contribution >= 4 is 44.7 Å². The number of carbonyl (C=O) groups is 1. The first-order valence-electron chi connectivity index (χ1n) is 10.6. The van der Waals surface area contributed by atoms with E-state index in [1.807, 2.05) is 31.2 Å². The van der Waals surface area contributed by atoms with Gasteiger partial charge in [-0.1, -0.05) is 29.5 Å². The van der Waals surface area contributed by atoms with Crippen molar-refractivity contribution in [2.24, 2.45) is 0 Å². The van der Waals surface area contributed by atoms with E-state index in [4.69, 9.17) is 10.5 Å². The quantitative estimate of drug-likeness (QED) is 0.675. The summed E-state index contributed by atoms with van der Waals surface area (Å²) in [6.07, 6.45) is 4.41. The van der Waals surface area contributed by atoms with Crippen LogP contribution in [-0.4, -0.2) is 32.2 Å². The Balaban J connectivity index is 1.59. The van der Waals surface area contributed by atoms with Crippen LogP contribution in [0.2, 0.25) is 0 Å². The molecule has 0 bridgehead atoms. The van der Waals surface area contributed by atoms with Crippen molar-refractivity contribution in [1.29, 1.82) is 0 Å². The Kier molecular flexibility index (Phi) is 5.08. The standard InChI is InChI=1S/C23H26N4O2S/c1-14-6-2-5-9-17(14)25-22(28)20-19(24)18-15-7-3-4-8-16(15)21(26-23(18)30-20)27-10-12-29-13-11-27/h2,5-6,9H,3-4,7-8,10-13,24H2,1H3,(H,25,28)/p+1. The second-order valence-corrected chi connectivity index (χ2v) is 9.08. The number of nitrogens with two attached hydrogens (primary N) is 1. The lowest BCUT2D eigenvalue weighted by Gasteiger charge is -2.26. The molecule has 1 aliphatic heterocycles. The van der Waals surface area contributed by atoms with Crippen LogP contribution in [-0.2, 0) is 17.6 Å². The van der Waals surface area contributed by atoms with Gasteiger partial charge in [-0.3, -0.25) is 9.69 Å². The molecule has 0 unspecified atom stereocenters. The first-order valence-corrected chi connectivity index (χ1v) is 11.4.